The molecule has 0 bridgehead atoms. The van der Waals surface area contributed by atoms with Crippen molar-refractivity contribution in [1.82, 2.24) is 4.98 Å². The van der Waals surface area contributed by atoms with E-state index in [0.29, 0.717) is 17.1 Å². The first-order chi connectivity index (χ1) is 13.0. The molecular formula is C22H23N3O2. The third kappa shape index (κ3) is 4.44. The fourth-order valence-electron chi connectivity index (χ4n) is 2.69. The van der Waals surface area contributed by atoms with Crippen LogP contribution in [0, 0.1) is 20.8 Å². The first-order valence-electron chi connectivity index (χ1n) is 8.72. The number of carbonyl (C=O) groups is 1. The van der Waals surface area contributed by atoms with Crippen molar-refractivity contribution in [3.05, 3.63) is 77.0 Å². The number of hydrogen-bond acceptors (Lipinski definition) is 4. The summed E-state index contributed by atoms with van der Waals surface area (Å²) >= 11 is 0. The van der Waals surface area contributed by atoms with E-state index >= 15 is 0 Å². The summed E-state index contributed by atoms with van der Waals surface area (Å²) in [5.74, 6) is 1.26. The van der Waals surface area contributed by atoms with Gasteiger partial charge in [0.15, 0.2) is 0 Å². The second kappa shape index (κ2) is 7.91. The van der Waals surface area contributed by atoms with E-state index in [0.717, 1.165) is 28.1 Å². The minimum atomic E-state index is -0.152. The van der Waals surface area contributed by atoms with Gasteiger partial charge in [0.2, 0.25) is 0 Å². The highest BCUT2D eigenvalue weighted by atomic mass is 16.5. The van der Waals surface area contributed by atoms with Crippen molar-refractivity contribution < 1.29 is 9.53 Å². The summed E-state index contributed by atoms with van der Waals surface area (Å²) < 4.78 is 5.37. The SMILES string of the molecule is COc1ccc(C)cc1Nc1ccc(NC(=O)c2ccc(C)c(C)c2)cn1. The zero-order chi connectivity index (χ0) is 19.4. The van der Waals surface area contributed by atoms with Gasteiger partial charge in [0.05, 0.1) is 24.7 Å². The van der Waals surface area contributed by atoms with Gasteiger partial charge in [-0.05, 0) is 73.9 Å². The Morgan fingerprint density at radius 2 is 1.78 bits per heavy atom. The van der Waals surface area contributed by atoms with Crippen LogP contribution in [0.5, 0.6) is 5.75 Å². The van der Waals surface area contributed by atoms with Crippen molar-refractivity contribution in [3.8, 4) is 5.75 Å². The number of aromatic nitrogens is 1. The standard InChI is InChI=1S/C22H23N3O2/c1-14-5-9-20(27-4)19(11-14)25-21-10-8-18(13-23-21)24-22(26)17-7-6-15(2)16(3)12-17/h5-13H,1-4H3,(H,23,25)(H,24,26). The van der Waals surface area contributed by atoms with Crippen LogP contribution < -0.4 is 15.4 Å². The fourth-order valence-corrected chi connectivity index (χ4v) is 2.69. The van der Waals surface area contributed by atoms with Crippen molar-refractivity contribution in [3.63, 3.8) is 0 Å². The molecule has 27 heavy (non-hydrogen) atoms. The summed E-state index contributed by atoms with van der Waals surface area (Å²) in [5, 5.41) is 6.12. The van der Waals surface area contributed by atoms with Gasteiger partial charge in [-0.15, -0.1) is 0 Å². The molecule has 3 rings (SSSR count). The molecule has 0 radical (unpaired) electrons. The summed E-state index contributed by atoms with van der Waals surface area (Å²) in [6.07, 6.45) is 1.63. The number of ether oxygens (including phenoxy) is 1. The van der Waals surface area contributed by atoms with Crippen LogP contribution in [0.1, 0.15) is 27.0 Å². The van der Waals surface area contributed by atoms with Gasteiger partial charge >= 0.3 is 0 Å². The highest BCUT2D eigenvalue weighted by Crippen LogP contribution is 2.28. The average molecular weight is 361 g/mol. The Morgan fingerprint density at radius 1 is 0.963 bits per heavy atom. The number of benzene rings is 2. The normalized spacial score (nSPS) is 10.4. The van der Waals surface area contributed by atoms with E-state index < -0.39 is 0 Å². The summed E-state index contributed by atoms with van der Waals surface area (Å²) in [4.78, 5) is 16.8. The lowest BCUT2D eigenvalue weighted by atomic mass is 10.1. The molecule has 5 nitrogen and oxygen atoms in total. The number of carbonyl (C=O) groups excluding carboxylic acids is 1. The molecule has 1 aromatic heterocycles. The molecule has 0 saturated heterocycles. The molecule has 1 amide bonds. The maximum Gasteiger partial charge on any atom is 0.255 e. The van der Waals surface area contributed by atoms with Gasteiger partial charge in [0.25, 0.3) is 5.91 Å². The molecule has 2 aromatic carbocycles. The predicted octanol–water partition coefficient (Wildman–Crippen LogP) is 5.01. The van der Waals surface area contributed by atoms with Crippen LogP contribution in [0.2, 0.25) is 0 Å². The van der Waals surface area contributed by atoms with Crippen molar-refractivity contribution in [2.24, 2.45) is 0 Å². The molecule has 5 heteroatoms. The molecule has 0 saturated carbocycles. The number of aryl methyl sites for hydroxylation is 3. The molecule has 0 aliphatic heterocycles. The van der Waals surface area contributed by atoms with Crippen molar-refractivity contribution in [1.29, 1.82) is 0 Å². The van der Waals surface area contributed by atoms with Crippen LogP contribution in [0.3, 0.4) is 0 Å². The van der Waals surface area contributed by atoms with Gasteiger partial charge in [-0.3, -0.25) is 4.79 Å². The number of nitrogens with zero attached hydrogens (tertiary/aromatic N) is 1. The predicted molar refractivity (Wildman–Crippen MR) is 109 cm³/mol. The van der Waals surface area contributed by atoms with Crippen molar-refractivity contribution in [2.45, 2.75) is 20.8 Å². The summed E-state index contributed by atoms with van der Waals surface area (Å²) in [6, 6.07) is 15.2. The number of nitrogens with one attached hydrogen (secondary N) is 2. The molecule has 138 valence electrons. The lowest BCUT2D eigenvalue weighted by Gasteiger charge is -2.12. The maximum absolute atomic E-state index is 12.4. The Kier molecular flexibility index (Phi) is 5.41. The second-order valence-corrected chi connectivity index (χ2v) is 6.51. The van der Waals surface area contributed by atoms with Crippen molar-refractivity contribution in [2.75, 3.05) is 17.7 Å². The molecule has 0 aliphatic rings. The van der Waals surface area contributed by atoms with Gasteiger partial charge in [0, 0.05) is 5.56 Å². The molecule has 0 fully saturated rings. The van der Waals surface area contributed by atoms with Crippen LogP contribution in [0.25, 0.3) is 0 Å². The van der Waals surface area contributed by atoms with Crippen LogP contribution in [-0.4, -0.2) is 18.0 Å². The van der Waals surface area contributed by atoms with Crippen LogP contribution in [-0.2, 0) is 0 Å². The van der Waals surface area contributed by atoms with E-state index in [1.54, 1.807) is 13.3 Å². The quantitative estimate of drug-likeness (QED) is 0.670. The van der Waals surface area contributed by atoms with Gasteiger partial charge in [-0.1, -0.05) is 12.1 Å². The number of hydrogen-bond donors (Lipinski definition) is 2. The Morgan fingerprint density at radius 3 is 2.44 bits per heavy atom. The number of rotatable bonds is 5. The average Bonchev–Trinajstić information content (AvgIpc) is 2.65. The zero-order valence-electron chi connectivity index (χ0n) is 16.0. The maximum atomic E-state index is 12.4. The lowest BCUT2D eigenvalue weighted by molar-refractivity contribution is 0.102. The zero-order valence-corrected chi connectivity index (χ0v) is 16.0. The Hall–Kier alpha value is -3.34. The largest absolute Gasteiger partial charge is 0.495 e. The minimum Gasteiger partial charge on any atom is -0.495 e. The first-order valence-corrected chi connectivity index (χ1v) is 8.72. The smallest absolute Gasteiger partial charge is 0.255 e. The van der Waals surface area contributed by atoms with Crippen LogP contribution in [0.15, 0.2) is 54.7 Å². The molecular weight excluding hydrogens is 338 g/mol. The molecule has 0 unspecified atom stereocenters. The van der Waals surface area contributed by atoms with Gasteiger partial charge in [0.1, 0.15) is 11.6 Å². The van der Waals surface area contributed by atoms with E-state index in [2.05, 4.69) is 15.6 Å². The van der Waals surface area contributed by atoms with Crippen LogP contribution in [0.4, 0.5) is 17.2 Å². The highest BCUT2D eigenvalue weighted by molar-refractivity contribution is 6.04. The third-order valence-electron chi connectivity index (χ3n) is 4.41. The Balaban J connectivity index is 1.71. The molecule has 0 spiro atoms. The molecule has 2 N–H and O–H groups in total. The molecule has 0 atom stereocenters. The Bertz CT molecular complexity index is 966. The summed E-state index contributed by atoms with van der Waals surface area (Å²) in [5.41, 5.74) is 5.49. The number of amides is 1. The van der Waals surface area contributed by atoms with Gasteiger partial charge in [-0.25, -0.2) is 4.98 Å². The topological polar surface area (TPSA) is 63.2 Å². The second-order valence-electron chi connectivity index (χ2n) is 6.51. The van der Waals surface area contributed by atoms with Crippen molar-refractivity contribution >= 4 is 23.1 Å². The van der Waals surface area contributed by atoms with E-state index in [9.17, 15) is 4.79 Å². The van der Waals surface area contributed by atoms with Gasteiger partial charge in [-0.2, -0.15) is 0 Å². The van der Waals surface area contributed by atoms with E-state index in [4.69, 9.17) is 4.74 Å². The summed E-state index contributed by atoms with van der Waals surface area (Å²) in [7, 11) is 1.63. The first kappa shape index (κ1) is 18.5. The number of pyridine rings is 1. The van der Waals surface area contributed by atoms with Crippen LogP contribution >= 0.6 is 0 Å². The third-order valence-corrected chi connectivity index (χ3v) is 4.41. The number of methoxy groups -OCH3 is 1. The van der Waals surface area contributed by atoms with E-state index in [-0.39, 0.29) is 5.91 Å². The fraction of sp³-hybridized carbons (Fsp3) is 0.182. The molecule has 0 aliphatic carbocycles. The molecule has 3 aromatic rings. The minimum absolute atomic E-state index is 0.152. The Labute approximate surface area is 159 Å². The van der Waals surface area contributed by atoms with Gasteiger partial charge < -0.3 is 15.4 Å². The lowest BCUT2D eigenvalue weighted by Crippen LogP contribution is -2.12. The monoisotopic (exact) mass is 361 g/mol. The number of anilines is 3. The molecule has 1 heterocycles. The highest BCUT2D eigenvalue weighted by Gasteiger charge is 2.08. The van der Waals surface area contributed by atoms with E-state index in [1.165, 1.54) is 0 Å². The van der Waals surface area contributed by atoms with E-state index in [1.807, 2.05) is 69.3 Å². The summed E-state index contributed by atoms with van der Waals surface area (Å²) in [6.45, 7) is 6.03.